The number of nitrogens with one attached hydrogen (secondary N) is 2. The molecule has 2 amide bonds. The van der Waals surface area contributed by atoms with Gasteiger partial charge in [-0.25, -0.2) is 4.79 Å². The first-order valence-corrected chi connectivity index (χ1v) is 7.58. The monoisotopic (exact) mass is 319 g/mol. The maximum absolute atomic E-state index is 12.1. The summed E-state index contributed by atoms with van der Waals surface area (Å²) in [6, 6.07) is 5.08. The number of anilines is 2. The number of thiophene rings is 1. The minimum atomic E-state index is -0.586. The van der Waals surface area contributed by atoms with Crippen LogP contribution in [0.25, 0.3) is 0 Å². The molecule has 2 aromatic heterocycles. The fraction of sp³-hybridized carbons (Fsp3) is 0.267. The Morgan fingerprint density at radius 2 is 1.82 bits per heavy atom. The van der Waals surface area contributed by atoms with Crippen molar-refractivity contribution < 1.29 is 14.3 Å². The lowest BCUT2D eigenvalue weighted by atomic mass is 10.2. The van der Waals surface area contributed by atoms with Gasteiger partial charge in [0.15, 0.2) is 0 Å². The van der Waals surface area contributed by atoms with Gasteiger partial charge in [-0.3, -0.25) is 15.1 Å². The van der Waals surface area contributed by atoms with Crippen molar-refractivity contribution in [1.82, 2.24) is 4.98 Å². The van der Waals surface area contributed by atoms with E-state index >= 15 is 0 Å². The number of hydrogen-bond donors (Lipinski definition) is 2. The number of hydrogen-bond acceptors (Lipinski definition) is 5. The summed E-state index contributed by atoms with van der Waals surface area (Å²) in [6.07, 6.45) is 0.974. The highest BCUT2D eigenvalue weighted by molar-refractivity contribution is 7.09. The largest absolute Gasteiger partial charge is 0.444 e. The summed E-state index contributed by atoms with van der Waals surface area (Å²) in [5.41, 5.74) is 0.712. The standard InChI is InChI=1S/C15H17N3O3S/c1-15(2,3)21-14(20)18-12-9-22-8-11(12)17-13(19)10-6-4-5-7-16-10/h4-9H,1-3H3,(H,17,19)(H,18,20). The average molecular weight is 319 g/mol. The van der Waals surface area contributed by atoms with E-state index in [1.807, 2.05) is 0 Å². The van der Waals surface area contributed by atoms with Gasteiger partial charge in [0.25, 0.3) is 5.91 Å². The maximum Gasteiger partial charge on any atom is 0.412 e. The lowest BCUT2D eigenvalue weighted by molar-refractivity contribution is 0.0635. The summed E-state index contributed by atoms with van der Waals surface area (Å²) >= 11 is 1.36. The Kier molecular flexibility index (Phi) is 4.77. The predicted octanol–water partition coefficient (Wildman–Crippen LogP) is 3.74. The minimum absolute atomic E-state index is 0.303. The molecule has 0 spiro atoms. The molecule has 22 heavy (non-hydrogen) atoms. The molecule has 0 aliphatic carbocycles. The fourth-order valence-corrected chi connectivity index (χ4v) is 2.30. The highest BCUT2D eigenvalue weighted by Crippen LogP contribution is 2.27. The van der Waals surface area contributed by atoms with E-state index < -0.39 is 11.7 Å². The summed E-state index contributed by atoms with van der Waals surface area (Å²) in [7, 11) is 0. The van der Waals surface area contributed by atoms with Gasteiger partial charge in [0, 0.05) is 17.0 Å². The molecule has 2 heterocycles. The van der Waals surface area contributed by atoms with Gasteiger partial charge < -0.3 is 10.1 Å². The Labute approximate surface area is 132 Å². The molecule has 7 heteroatoms. The van der Waals surface area contributed by atoms with Gasteiger partial charge in [-0.15, -0.1) is 11.3 Å². The Morgan fingerprint density at radius 1 is 1.14 bits per heavy atom. The first-order chi connectivity index (χ1) is 10.3. The zero-order chi connectivity index (χ0) is 16.2. The third kappa shape index (κ3) is 4.56. The van der Waals surface area contributed by atoms with Crippen molar-refractivity contribution in [2.45, 2.75) is 26.4 Å². The summed E-state index contributed by atoms with van der Waals surface area (Å²) in [5.74, 6) is -0.341. The van der Waals surface area contributed by atoms with E-state index in [9.17, 15) is 9.59 Å². The quantitative estimate of drug-likeness (QED) is 0.903. The molecule has 0 atom stereocenters. The van der Waals surface area contributed by atoms with E-state index in [0.29, 0.717) is 17.1 Å². The third-order valence-corrected chi connectivity index (χ3v) is 3.19. The van der Waals surface area contributed by atoms with Crippen LogP contribution in [0.3, 0.4) is 0 Å². The summed E-state index contributed by atoms with van der Waals surface area (Å²) in [5, 5.41) is 8.78. The molecule has 0 aromatic carbocycles. The van der Waals surface area contributed by atoms with Gasteiger partial charge in [0.05, 0.1) is 11.4 Å². The molecule has 0 saturated carbocycles. The van der Waals surface area contributed by atoms with Crippen molar-refractivity contribution in [2.75, 3.05) is 10.6 Å². The number of nitrogens with zero attached hydrogens (tertiary/aromatic N) is 1. The number of carbonyl (C=O) groups excluding carboxylic acids is 2. The number of aromatic nitrogens is 1. The lowest BCUT2D eigenvalue weighted by Crippen LogP contribution is -2.27. The van der Waals surface area contributed by atoms with Gasteiger partial charge in [-0.2, -0.15) is 0 Å². The van der Waals surface area contributed by atoms with Crippen molar-refractivity contribution in [3.8, 4) is 0 Å². The molecule has 6 nitrogen and oxygen atoms in total. The van der Waals surface area contributed by atoms with Crippen LogP contribution in [0.4, 0.5) is 16.2 Å². The molecule has 0 fully saturated rings. The number of pyridine rings is 1. The van der Waals surface area contributed by atoms with Crippen LogP contribution >= 0.6 is 11.3 Å². The number of amides is 2. The van der Waals surface area contributed by atoms with Crippen LogP contribution in [0.1, 0.15) is 31.3 Å². The molecule has 0 aliphatic heterocycles. The third-order valence-electron chi connectivity index (χ3n) is 2.44. The van der Waals surface area contributed by atoms with Crippen molar-refractivity contribution in [3.63, 3.8) is 0 Å². The summed E-state index contributed by atoms with van der Waals surface area (Å²) in [4.78, 5) is 27.8. The van der Waals surface area contributed by atoms with Crippen LogP contribution in [0.15, 0.2) is 35.2 Å². The molecular weight excluding hydrogens is 302 g/mol. The molecule has 0 bridgehead atoms. The van der Waals surface area contributed by atoms with Crippen LogP contribution < -0.4 is 10.6 Å². The van der Waals surface area contributed by atoms with E-state index in [1.54, 1.807) is 55.9 Å². The average Bonchev–Trinajstić information content (AvgIpc) is 2.84. The minimum Gasteiger partial charge on any atom is -0.444 e. The van der Waals surface area contributed by atoms with E-state index in [1.165, 1.54) is 11.3 Å². The van der Waals surface area contributed by atoms with Crippen LogP contribution in [0, 0.1) is 0 Å². The highest BCUT2D eigenvalue weighted by atomic mass is 32.1. The van der Waals surface area contributed by atoms with E-state index in [-0.39, 0.29) is 5.91 Å². The summed E-state index contributed by atoms with van der Waals surface area (Å²) < 4.78 is 5.19. The molecule has 116 valence electrons. The SMILES string of the molecule is CC(C)(C)OC(=O)Nc1cscc1NC(=O)c1ccccn1. The Bertz CT molecular complexity index is 662. The van der Waals surface area contributed by atoms with E-state index in [2.05, 4.69) is 15.6 Å². The van der Waals surface area contributed by atoms with Crippen molar-refractivity contribution >= 4 is 34.7 Å². The second kappa shape index (κ2) is 6.57. The number of rotatable bonds is 3. The van der Waals surface area contributed by atoms with Crippen LogP contribution in [0.2, 0.25) is 0 Å². The first-order valence-electron chi connectivity index (χ1n) is 6.64. The van der Waals surface area contributed by atoms with Crippen LogP contribution in [-0.2, 0) is 4.74 Å². The number of carbonyl (C=O) groups is 2. The topological polar surface area (TPSA) is 80.3 Å². The zero-order valence-electron chi connectivity index (χ0n) is 12.5. The fourth-order valence-electron chi connectivity index (χ4n) is 1.59. The molecule has 0 aliphatic rings. The second-order valence-corrected chi connectivity index (χ2v) is 6.24. The van der Waals surface area contributed by atoms with Crippen LogP contribution in [0.5, 0.6) is 0 Å². The Morgan fingerprint density at radius 3 is 2.41 bits per heavy atom. The van der Waals surface area contributed by atoms with E-state index in [4.69, 9.17) is 4.74 Å². The molecule has 2 aromatic rings. The van der Waals surface area contributed by atoms with Gasteiger partial charge in [-0.05, 0) is 32.9 Å². The second-order valence-electron chi connectivity index (χ2n) is 5.50. The first kappa shape index (κ1) is 16.0. The molecule has 0 saturated heterocycles. The van der Waals surface area contributed by atoms with Crippen LogP contribution in [-0.4, -0.2) is 22.6 Å². The van der Waals surface area contributed by atoms with Gasteiger partial charge in [0.2, 0.25) is 0 Å². The van der Waals surface area contributed by atoms with E-state index in [0.717, 1.165) is 0 Å². The molecule has 0 unspecified atom stereocenters. The molecular formula is C15H17N3O3S. The summed E-state index contributed by atoms with van der Waals surface area (Å²) in [6.45, 7) is 5.35. The Balaban J connectivity index is 2.04. The van der Waals surface area contributed by atoms with Crippen molar-refractivity contribution in [2.24, 2.45) is 0 Å². The number of ether oxygens (including phenoxy) is 1. The normalized spacial score (nSPS) is 10.9. The van der Waals surface area contributed by atoms with Crippen molar-refractivity contribution in [3.05, 3.63) is 40.8 Å². The molecule has 2 rings (SSSR count). The zero-order valence-corrected chi connectivity index (χ0v) is 13.4. The molecule has 2 N–H and O–H groups in total. The predicted molar refractivity (Wildman–Crippen MR) is 86.4 cm³/mol. The van der Waals surface area contributed by atoms with Crippen molar-refractivity contribution in [1.29, 1.82) is 0 Å². The van der Waals surface area contributed by atoms with Gasteiger partial charge in [0.1, 0.15) is 11.3 Å². The van der Waals surface area contributed by atoms with Gasteiger partial charge in [-0.1, -0.05) is 6.07 Å². The lowest BCUT2D eigenvalue weighted by Gasteiger charge is -2.19. The highest BCUT2D eigenvalue weighted by Gasteiger charge is 2.18. The maximum atomic E-state index is 12.1. The smallest absolute Gasteiger partial charge is 0.412 e. The molecule has 0 radical (unpaired) electrons. The Hall–Kier alpha value is -2.41. The van der Waals surface area contributed by atoms with Gasteiger partial charge >= 0.3 is 6.09 Å².